The Morgan fingerprint density at radius 1 is 1.12 bits per heavy atom. The maximum Gasteiger partial charge on any atom is 0.227 e. The summed E-state index contributed by atoms with van der Waals surface area (Å²) in [6, 6.07) is 6.27. The van der Waals surface area contributed by atoms with E-state index in [-0.39, 0.29) is 24.7 Å². The van der Waals surface area contributed by atoms with E-state index in [1.54, 1.807) is 11.9 Å². The molecule has 1 N–H and O–H groups in total. The standard InChI is InChI=1S/C19H29N3O2/c1-14-9-10-16(13-17(14)21(2)3)22(4)19(24)12-11-18(23)20-15-7-5-6-8-15/h9-10,13,15H,5-8,11-12H2,1-4H3,(H,20,23). The zero-order valence-electron chi connectivity index (χ0n) is 15.3. The maximum absolute atomic E-state index is 12.4. The van der Waals surface area contributed by atoms with E-state index in [9.17, 15) is 9.59 Å². The monoisotopic (exact) mass is 331 g/mol. The Bertz CT molecular complexity index is 592. The van der Waals surface area contributed by atoms with Gasteiger partial charge in [-0.2, -0.15) is 0 Å². The Hall–Kier alpha value is -2.04. The highest BCUT2D eigenvalue weighted by molar-refractivity contribution is 5.95. The topological polar surface area (TPSA) is 52.7 Å². The Morgan fingerprint density at radius 2 is 1.79 bits per heavy atom. The van der Waals surface area contributed by atoms with E-state index < -0.39 is 0 Å². The second-order valence-electron chi connectivity index (χ2n) is 6.87. The molecule has 0 radical (unpaired) electrons. The number of benzene rings is 1. The average molecular weight is 331 g/mol. The van der Waals surface area contributed by atoms with Crippen molar-refractivity contribution in [3.63, 3.8) is 0 Å². The van der Waals surface area contributed by atoms with Crippen LogP contribution in [0.15, 0.2) is 18.2 Å². The predicted octanol–water partition coefficient (Wildman–Crippen LogP) is 2.86. The van der Waals surface area contributed by atoms with Crippen LogP contribution in [-0.2, 0) is 9.59 Å². The van der Waals surface area contributed by atoms with E-state index in [0.717, 1.165) is 24.2 Å². The number of nitrogens with zero attached hydrogens (tertiary/aromatic N) is 2. The number of aryl methyl sites for hydroxylation is 1. The first-order valence-electron chi connectivity index (χ1n) is 8.72. The molecule has 1 saturated carbocycles. The van der Waals surface area contributed by atoms with Crippen molar-refractivity contribution in [2.45, 2.75) is 51.5 Å². The van der Waals surface area contributed by atoms with Crippen molar-refractivity contribution in [3.8, 4) is 0 Å². The molecule has 24 heavy (non-hydrogen) atoms. The van der Waals surface area contributed by atoms with Crippen molar-refractivity contribution in [1.29, 1.82) is 0 Å². The van der Waals surface area contributed by atoms with Gasteiger partial charge in [-0.3, -0.25) is 9.59 Å². The van der Waals surface area contributed by atoms with Gasteiger partial charge in [-0.15, -0.1) is 0 Å². The molecule has 2 rings (SSSR count). The van der Waals surface area contributed by atoms with E-state index in [2.05, 4.69) is 5.32 Å². The minimum absolute atomic E-state index is 0.0125. The summed E-state index contributed by atoms with van der Waals surface area (Å²) in [4.78, 5) is 28.0. The Labute approximate surface area is 145 Å². The summed E-state index contributed by atoms with van der Waals surface area (Å²) in [6.07, 6.45) is 5.00. The van der Waals surface area contributed by atoms with Crippen molar-refractivity contribution >= 4 is 23.2 Å². The highest BCUT2D eigenvalue weighted by atomic mass is 16.2. The van der Waals surface area contributed by atoms with Crippen LogP contribution in [-0.4, -0.2) is 39.0 Å². The first-order chi connectivity index (χ1) is 11.4. The van der Waals surface area contributed by atoms with Crippen molar-refractivity contribution in [3.05, 3.63) is 23.8 Å². The second kappa shape index (κ2) is 8.18. The molecule has 0 saturated heterocycles. The molecule has 0 heterocycles. The maximum atomic E-state index is 12.4. The van der Waals surface area contributed by atoms with Crippen molar-refractivity contribution < 1.29 is 9.59 Å². The number of carbonyl (C=O) groups is 2. The molecule has 2 amide bonds. The highest BCUT2D eigenvalue weighted by Crippen LogP contribution is 2.25. The number of carbonyl (C=O) groups excluding carboxylic acids is 2. The minimum atomic E-state index is -0.0369. The van der Waals surface area contributed by atoms with Crippen LogP contribution >= 0.6 is 0 Å². The lowest BCUT2D eigenvalue weighted by molar-refractivity contribution is -0.125. The molecule has 132 valence electrons. The van der Waals surface area contributed by atoms with Gasteiger partial charge in [-0.1, -0.05) is 18.9 Å². The molecule has 1 aromatic rings. The smallest absolute Gasteiger partial charge is 0.227 e. The molecule has 0 unspecified atom stereocenters. The molecule has 0 aliphatic heterocycles. The zero-order chi connectivity index (χ0) is 17.7. The number of anilines is 2. The Balaban J connectivity index is 1.89. The van der Waals surface area contributed by atoms with Gasteiger partial charge in [0.05, 0.1) is 0 Å². The van der Waals surface area contributed by atoms with Crippen molar-refractivity contribution in [2.24, 2.45) is 0 Å². The van der Waals surface area contributed by atoms with Gasteiger partial charge in [0.15, 0.2) is 0 Å². The van der Waals surface area contributed by atoms with E-state index in [1.165, 1.54) is 18.4 Å². The molecule has 1 aromatic carbocycles. The Morgan fingerprint density at radius 3 is 2.42 bits per heavy atom. The lowest BCUT2D eigenvalue weighted by atomic mass is 10.1. The van der Waals surface area contributed by atoms with Crippen LogP contribution in [0.5, 0.6) is 0 Å². The minimum Gasteiger partial charge on any atom is -0.377 e. The third-order valence-electron chi connectivity index (χ3n) is 4.72. The summed E-state index contributed by atoms with van der Waals surface area (Å²) in [5.74, 6) is -0.0494. The third kappa shape index (κ3) is 4.73. The fourth-order valence-corrected chi connectivity index (χ4v) is 3.19. The fraction of sp³-hybridized carbons (Fsp3) is 0.579. The van der Waals surface area contributed by atoms with E-state index in [1.807, 2.05) is 44.1 Å². The quantitative estimate of drug-likeness (QED) is 0.872. The molecule has 0 aromatic heterocycles. The molecule has 1 aliphatic carbocycles. The van der Waals surface area contributed by atoms with E-state index >= 15 is 0 Å². The van der Waals surface area contributed by atoms with Crippen LogP contribution in [0.3, 0.4) is 0 Å². The molecule has 0 atom stereocenters. The van der Waals surface area contributed by atoms with Crippen LogP contribution in [0.25, 0.3) is 0 Å². The van der Waals surface area contributed by atoms with Gasteiger partial charge in [0, 0.05) is 51.4 Å². The fourth-order valence-electron chi connectivity index (χ4n) is 3.19. The SMILES string of the molecule is Cc1ccc(N(C)C(=O)CCC(=O)NC2CCCC2)cc1N(C)C. The predicted molar refractivity (Wildman–Crippen MR) is 98.5 cm³/mol. The summed E-state index contributed by atoms with van der Waals surface area (Å²) in [7, 11) is 5.74. The average Bonchev–Trinajstić information content (AvgIpc) is 3.05. The normalized spacial score (nSPS) is 14.5. The Kier molecular flexibility index (Phi) is 6.23. The molecule has 0 bridgehead atoms. The lowest BCUT2D eigenvalue weighted by Crippen LogP contribution is -2.34. The number of nitrogens with one attached hydrogen (secondary N) is 1. The number of amides is 2. The number of hydrogen-bond acceptors (Lipinski definition) is 3. The summed E-state index contributed by atoms with van der Waals surface area (Å²) in [5.41, 5.74) is 3.11. The summed E-state index contributed by atoms with van der Waals surface area (Å²) in [6.45, 7) is 2.05. The molecule has 0 spiro atoms. The van der Waals surface area contributed by atoms with Crippen LogP contribution in [0.2, 0.25) is 0 Å². The van der Waals surface area contributed by atoms with Gasteiger partial charge in [-0.05, 0) is 37.5 Å². The van der Waals surface area contributed by atoms with Crippen molar-refractivity contribution in [2.75, 3.05) is 30.9 Å². The van der Waals surface area contributed by atoms with E-state index in [0.29, 0.717) is 6.04 Å². The molecule has 1 fully saturated rings. The molecule has 5 heteroatoms. The van der Waals surface area contributed by atoms with Gasteiger partial charge in [0.25, 0.3) is 0 Å². The number of hydrogen-bond donors (Lipinski definition) is 1. The van der Waals surface area contributed by atoms with Gasteiger partial charge >= 0.3 is 0 Å². The van der Waals surface area contributed by atoms with Gasteiger partial charge in [-0.25, -0.2) is 0 Å². The van der Waals surface area contributed by atoms with Crippen LogP contribution in [0.1, 0.15) is 44.1 Å². The second-order valence-corrected chi connectivity index (χ2v) is 6.87. The molecular formula is C19H29N3O2. The van der Waals surface area contributed by atoms with Gasteiger partial charge < -0.3 is 15.1 Å². The van der Waals surface area contributed by atoms with Crippen LogP contribution in [0.4, 0.5) is 11.4 Å². The first kappa shape index (κ1) is 18.3. The number of rotatable bonds is 6. The lowest BCUT2D eigenvalue weighted by Gasteiger charge is -2.22. The van der Waals surface area contributed by atoms with Crippen LogP contribution < -0.4 is 15.1 Å². The zero-order valence-corrected chi connectivity index (χ0v) is 15.3. The van der Waals surface area contributed by atoms with Crippen molar-refractivity contribution in [1.82, 2.24) is 5.32 Å². The first-order valence-corrected chi connectivity index (χ1v) is 8.72. The molecular weight excluding hydrogens is 302 g/mol. The summed E-state index contributed by atoms with van der Waals surface area (Å²) in [5, 5.41) is 3.03. The van der Waals surface area contributed by atoms with Gasteiger partial charge in [0.1, 0.15) is 0 Å². The largest absolute Gasteiger partial charge is 0.377 e. The molecule has 1 aliphatic rings. The van der Waals surface area contributed by atoms with Crippen LogP contribution in [0, 0.1) is 6.92 Å². The molecule has 5 nitrogen and oxygen atoms in total. The third-order valence-corrected chi connectivity index (χ3v) is 4.72. The van der Waals surface area contributed by atoms with E-state index in [4.69, 9.17) is 0 Å². The summed E-state index contributed by atoms with van der Waals surface area (Å²) >= 11 is 0. The van der Waals surface area contributed by atoms with Gasteiger partial charge in [0.2, 0.25) is 11.8 Å². The summed E-state index contributed by atoms with van der Waals surface area (Å²) < 4.78 is 0. The highest BCUT2D eigenvalue weighted by Gasteiger charge is 2.19.